The Hall–Kier alpha value is -0.570. The normalized spacial score (nSPS) is 13.4. The Morgan fingerprint density at radius 2 is 1.39 bits per heavy atom. The summed E-state index contributed by atoms with van der Waals surface area (Å²) in [5, 5.41) is 0. The van der Waals surface area contributed by atoms with Gasteiger partial charge in [0.25, 0.3) is 0 Å². The zero-order chi connectivity index (χ0) is 14.3. The largest absolute Gasteiger partial charge is 0.342 e. The van der Waals surface area contributed by atoms with Crippen LogP contribution in [-0.2, 0) is 4.79 Å². The fraction of sp³-hybridized carbons (Fsp3) is 0.933. The number of amides is 1. The first kappa shape index (κ1) is 17.4. The highest BCUT2D eigenvalue weighted by Gasteiger charge is 2.24. The van der Waals surface area contributed by atoms with E-state index in [9.17, 15) is 4.79 Å². The van der Waals surface area contributed by atoms with Crippen LogP contribution in [0.4, 0.5) is 0 Å². The maximum Gasteiger partial charge on any atom is 0.226 e. The first-order valence-electron chi connectivity index (χ1n) is 7.26. The van der Waals surface area contributed by atoms with Crippen molar-refractivity contribution in [1.29, 1.82) is 0 Å². The van der Waals surface area contributed by atoms with E-state index in [1.807, 2.05) is 4.90 Å². The zero-order valence-corrected chi connectivity index (χ0v) is 13.1. The van der Waals surface area contributed by atoms with Gasteiger partial charge in [0.2, 0.25) is 5.91 Å². The van der Waals surface area contributed by atoms with E-state index in [0.717, 1.165) is 19.5 Å². The van der Waals surface area contributed by atoms with Crippen LogP contribution in [-0.4, -0.2) is 30.4 Å². The van der Waals surface area contributed by atoms with Gasteiger partial charge in [-0.15, -0.1) is 0 Å². The van der Waals surface area contributed by atoms with E-state index in [-0.39, 0.29) is 11.8 Å². The Bertz CT molecular complexity index is 227. The Morgan fingerprint density at radius 3 is 1.67 bits per heavy atom. The lowest BCUT2D eigenvalue weighted by Crippen LogP contribution is -2.43. The van der Waals surface area contributed by atoms with Gasteiger partial charge in [-0.1, -0.05) is 41.5 Å². The number of nitrogens with zero attached hydrogens (tertiary/aromatic N) is 1. The van der Waals surface area contributed by atoms with Crippen molar-refractivity contribution in [2.24, 2.45) is 29.4 Å². The molecule has 0 saturated carbocycles. The molecule has 0 aromatic heterocycles. The summed E-state index contributed by atoms with van der Waals surface area (Å²) in [6.07, 6.45) is 0.891. The van der Waals surface area contributed by atoms with Crippen LogP contribution in [0.15, 0.2) is 0 Å². The quantitative estimate of drug-likeness (QED) is 0.726. The molecule has 0 aromatic carbocycles. The summed E-state index contributed by atoms with van der Waals surface area (Å²) >= 11 is 0. The topological polar surface area (TPSA) is 46.3 Å². The molecule has 0 spiro atoms. The lowest BCUT2D eigenvalue weighted by molar-refractivity contribution is -0.136. The first-order valence-corrected chi connectivity index (χ1v) is 7.26. The minimum absolute atomic E-state index is 0.0116. The van der Waals surface area contributed by atoms with Crippen LogP contribution < -0.4 is 5.73 Å². The van der Waals surface area contributed by atoms with Crippen LogP contribution >= 0.6 is 0 Å². The van der Waals surface area contributed by atoms with Crippen LogP contribution in [0.3, 0.4) is 0 Å². The molecule has 0 fully saturated rings. The Balaban J connectivity index is 4.68. The van der Waals surface area contributed by atoms with Crippen molar-refractivity contribution in [3.63, 3.8) is 0 Å². The standard InChI is InChI=1S/C15H32N2O/c1-11(2)7-14(8-16)15(18)17(9-12(3)4)10-13(5)6/h11-14H,7-10,16H2,1-6H3. The van der Waals surface area contributed by atoms with Crippen molar-refractivity contribution in [2.45, 2.75) is 48.0 Å². The molecule has 3 heteroatoms. The lowest BCUT2D eigenvalue weighted by atomic mass is 9.95. The van der Waals surface area contributed by atoms with E-state index in [4.69, 9.17) is 5.73 Å². The van der Waals surface area contributed by atoms with Gasteiger partial charge in [0.05, 0.1) is 5.92 Å². The molecule has 0 aliphatic rings. The molecule has 0 aromatic rings. The van der Waals surface area contributed by atoms with Gasteiger partial charge < -0.3 is 10.6 Å². The molecule has 0 heterocycles. The van der Waals surface area contributed by atoms with E-state index < -0.39 is 0 Å². The second-order valence-electron chi connectivity index (χ2n) is 6.59. The second kappa shape index (κ2) is 8.52. The summed E-state index contributed by atoms with van der Waals surface area (Å²) in [6.45, 7) is 15.0. The van der Waals surface area contributed by atoms with E-state index in [1.165, 1.54) is 0 Å². The molecule has 0 bridgehead atoms. The van der Waals surface area contributed by atoms with Crippen molar-refractivity contribution in [3.8, 4) is 0 Å². The summed E-state index contributed by atoms with van der Waals surface area (Å²) in [4.78, 5) is 14.5. The summed E-state index contributed by atoms with van der Waals surface area (Å²) in [5.74, 6) is 1.76. The molecule has 0 radical (unpaired) electrons. The predicted molar refractivity (Wildman–Crippen MR) is 78.3 cm³/mol. The molecule has 0 aliphatic heterocycles. The average Bonchev–Trinajstić information content (AvgIpc) is 2.22. The number of hydrogen-bond acceptors (Lipinski definition) is 2. The van der Waals surface area contributed by atoms with E-state index in [1.54, 1.807) is 0 Å². The third kappa shape index (κ3) is 7.00. The van der Waals surface area contributed by atoms with E-state index in [0.29, 0.717) is 24.3 Å². The first-order chi connectivity index (χ1) is 8.27. The fourth-order valence-corrected chi connectivity index (χ4v) is 2.26. The monoisotopic (exact) mass is 256 g/mol. The fourth-order valence-electron chi connectivity index (χ4n) is 2.26. The van der Waals surface area contributed by atoms with Crippen molar-refractivity contribution in [3.05, 3.63) is 0 Å². The van der Waals surface area contributed by atoms with Crippen molar-refractivity contribution in [1.82, 2.24) is 4.90 Å². The molecule has 0 saturated heterocycles. The number of hydrogen-bond donors (Lipinski definition) is 1. The summed E-state index contributed by atoms with van der Waals surface area (Å²) in [6, 6.07) is 0. The smallest absolute Gasteiger partial charge is 0.226 e. The minimum Gasteiger partial charge on any atom is -0.342 e. The zero-order valence-electron chi connectivity index (χ0n) is 13.1. The van der Waals surface area contributed by atoms with E-state index in [2.05, 4.69) is 41.5 Å². The van der Waals surface area contributed by atoms with Gasteiger partial charge >= 0.3 is 0 Å². The summed E-state index contributed by atoms with van der Waals surface area (Å²) in [5.41, 5.74) is 5.77. The number of carbonyl (C=O) groups is 1. The van der Waals surface area contributed by atoms with Gasteiger partial charge in [-0.2, -0.15) is 0 Å². The third-order valence-electron chi connectivity index (χ3n) is 2.87. The molecule has 0 aliphatic carbocycles. The number of carbonyl (C=O) groups excluding carboxylic acids is 1. The third-order valence-corrected chi connectivity index (χ3v) is 2.87. The van der Waals surface area contributed by atoms with Crippen molar-refractivity contribution in [2.75, 3.05) is 19.6 Å². The van der Waals surface area contributed by atoms with Crippen LogP contribution in [0.5, 0.6) is 0 Å². The van der Waals surface area contributed by atoms with Crippen LogP contribution in [0, 0.1) is 23.7 Å². The highest BCUT2D eigenvalue weighted by atomic mass is 16.2. The lowest BCUT2D eigenvalue weighted by Gasteiger charge is -2.30. The Morgan fingerprint density at radius 1 is 0.944 bits per heavy atom. The van der Waals surface area contributed by atoms with Crippen LogP contribution in [0.1, 0.15) is 48.0 Å². The van der Waals surface area contributed by atoms with Gasteiger partial charge in [-0.3, -0.25) is 4.79 Å². The predicted octanol–water partition coefficient (Wildman–Crippen LogP) is 2.75. The maximum absolute atomic E-state index is 12.5. The molecular weight excluding hydrogens is 224 g/mol. The van der Waals surface area contributed by atoms with Gasteiger partial charge in [-0.05, 0) is 24.2 Å². The summed E-state index contributed by atoms with van der Waals surface area (Å²) in [7, 11) is 0. The average molecular weight is 256 g/mol. The molecule has 2 N–H and O–H groups in total. The molecule has 0 rings (SSSR count). The van der Waals surface area contributed by atoms with Crippen molar-refractivity contribution < 1.29 is 4.79 Å². The van der Waals surface area contributed by atoms with Gasteiger partial charge in [-0.25, -0.2) is 0 Å². The maximum atomic E-state index is 12.5. The molecule has 1 amide bonds. The number of rotatable bonds is 8. The van der Waals surface area contributed by atoms with Gasteiger partial charge in [0, 0.05) is 19.6 Å². The van der Waals surface area contributed by atoms with Gasteiger partial charge in [0.15, 0.2) is 0 Å². The molecular formula is C15H32N2O. The van der Waals surface area contributed by atoms with Crippen LogP contribution in [0.25, 0.3) is 0 Å². The molecule has 18 heavy (non-hydrogen) atoms. The second-order valence-corrected chi connectivity index (χ2v) is 6.59. The highest BCUT2D eigenvalue weighted by molar-refractivity contribution is 5.79. The van der Waals surface area contributed by atoms with Crippen molar-refractivity contribution >= 4 is 5.91 Å². The molecule has 3 nitrogen and oxygen atoms in total. The Kier molecular flexibility index (Phi) is 8.25. The number of nitrogens with two attached hydrogens (primary N) is 1. The van der Waals surface area contributed by atoms with Gasteiger partial charge in [0.1, 0.15) is 0 Å². The molecule has 1 atom stereocenters. The molecule has 1 unspecified atom stereocenters. The summed E-state index contributed by atoms with van der Waals surface area (Å²) < 4.78 is 0. The SMILES string of the molecule is CC(C)CC(CN)C(=O)N(CC(C)C)CC(C)C. The minimum atomic E-state index is -0.0116. The van der Waals surface area contributed by atoms with E-state index >= 15 is 0 Å². The molecule has 108 valence electrons. The van der Waals surface area contributed by atoms with Crippen LogP contribution in [0.2, 0.25) is 0 Å². The highest BCUT2D eigenvalue weighted by Crippen LogP contribution is 2.16. The Labute approximate surface area is 113 Å².